The molecule has 4 aromatic rings. The molecule has 4 rings (SSSR count). The fourth-order valence-corrected chi connectivity index (χ4v) is 3.75. The summed E-state index contributed by atoms with van der Waals surface area (Å²) in [6.07, 6.45) is 5.46. The van der Waals surface area contributed by atoms with Crippen LogP contribution in [-0.4, -0.2) is 50.5 Å². The van der Waals surface area contributed by atoms with Crippen molar-refractivity contribution < 1.29 is 27.9 Å². The minimum absolute atomic E-state index is 0.0708. The molecule has 0 fully saturated rings. The lowest BCUT2D eigenvalue weighted by Crippen LogP contribution is -2.16. The van der Waals surface area contributed by atoms with Gasteiger partial charge >= 0.3 is 6.18 Å². The third-order valence-electron chi connectivity index (χ3n) is 5.51. The van der Waals surface area contributed by atoms with E-state index in [-0.39, 0.29) is 36.0 Å². The number of thioether (sulfide) groups is 1. The highest BCUT2D eigenvalue weighted by molar-refractivity contribution is 7.97. The number of amides is 1. The zero-order valence-electron chi connectivity index (χ0n) is 21.0. The fraction of sp³-hybridized carbons (Fsp3) is 0.259. The van der Waals surface area contributed by atoms with Crippen molar-refractivity contribution in [2.24, 2.45) is 0 Å². The number of aromatic nitrogens is 3. The SMILES string of the molecule is CC(CO)n1cc(C(=O)c2cc(NC(=O)Cc3cccc(C(F)(F)F)c3)ccn2)c2cnccc21.CSC. The van der Waals surface area contributed by atoms with Gasteiger partial charge in [0.25, 0.3) is 0 Å². The van der Waals surface area contributed by atoms with Gasteiger partial charge in [-0.1, -0.05) is 18.2 Å². The molecule has 3 heterocycles. The molecule has 0 aliphatic heterocycles. The summed E-state index contributed by atoms with van der Waals surface area (Å²) in [6.45, 7) is 1.69. The van der Waals surface area contributed by atoms with Crippen molar-refractivity contribution in [3.63, 3.8) is 0 Å². The molecule has 0 saturated carbocycles. The number of carbonyl (C=O) groups is 2. The van der Waals surface area contributed by atoms with Crippen LogP contribution < -0.4 is 5.32 Å². The van der Waals surface area contributed by atoms with Gasteiger partial charge in [-0.15, -0.1) is 0 Å². The Morgan fingerprint density at radius 1 is 1.13 bits per heavy atom. The van der Waals surface area contributed by atoms with Crippen molar-refractivity contribution in [3.05, 3.63) is 89.6 Å². The number of aliphatic hydroxyl groups is 1. The van der Waals surface area contributed by atoms with Crippen LogP contribution in [0.4, 0.5) is 18.9 Å². The van der Waals surface area contributed by atoms with E-state index in [1.54, 1.807) is 41.0 Å². The molecular weight excluding hydrogens is 517 g/mol. The topological polar surface area (TPSA) is 97.1 Å². The van der Waals surface area contributed by atoms with Crippen LogP contribution in [0, 0.1) is 0 Å². The summed E-state index contributed by atoms with van der Waals surface area (Å²) < 4.78 is 40.5. The van der Waals surface area contributed by atoms with Crippen LogP contribution >= 0.6 is 11.8 Å². The number of aliphatic hydroxyl groups excluding tert-OH is 1. The number of nitrogens with one attached hydrogen (secondary N) is 1. The second kappa shape index (κ2) is 12.7. The molecular formula is C27H27F3N4O3S. The van der Waals surface area contributed by atoms with Gasteiger partial charge in [0, 0.05) is 35.9 Å². The van der Waals surface area contributed by atoms with E-state index < -0.39 is 23.4 Å². The molecule has 0 aliphatic carbocycles. The average Bonchev–Trinajstić information content (AvgIpc) is 3.28. The fourth-order valence-electron chi connectivity index (χ4n) is 3.75. The van der Waals surface area contributed by atoms with E-state index in [0.717, 1.165) is 17.6 Å². The third-order valence-corrected chi connectivity index (χ3v) is 5.51. The van der Waals surface area contributed by atoms with Crippen LogP contribution in [0.15, 0.2) is 67.3 Å². The Balaban J connectivity index is 0.00000127. The standard InChI is InChI=1S/C25H21F3N4O3.C2H6S/c1-15(14-33)32-13-20(19-12-29-7-6-22(19)32)24(35)21-11-18(5-8-30-21)31-23(34)10-16-3-2-4-17(9-16)25(26,27)28;1-3-2/h2-9,11-13,15,33H,10,14H2,1H3,(H,30,31,34);1-2H3. The number of halogens is 3. The van der Waals surface area contributed by atoms with Gasteiger partial charge in [-0.05, 0) is 49.3 Å². The zero-order valence-corrected chi connectivity index (χ0v) is 21.8. The normalized spacial score (nSPS) is 12.0. The summed E-state index contributed by atoms with van der Waals surface area (Å²) in [5.41, 5.74) is 0.806. The van der Waals surface area contributed by atoms with E-state index in [4.69, 9.17) is 0 Å². The maximum atomic E-state index is 13.3. The minimum atomic E-state index is -4.50. The largest absolute Gasteiger partial charge is 0.416 e. The highest BCUT2D eigenvalue weighted by Gasteiger charge is 2.30. The molecule has 3 aromatic heterocycles. The molecule has 0 spiro atoms. The Hall–Kier alpha value is -3.70. The lowest BCUT2D eigenvalue weighted by molar-refractivity contribution is -0.137. The van der Waals surface area contributed by atoms with E-state index in [0.29, 0.717) is 10.9 Å². The van der Waals surface area contributed by atoms with Crippen molar-refractivity contribution in [2.75, 3.05) is 24.4 Å². The van der Waals surface area contributed by atoms with Crippen molar-refractivity contribution in [1.29, 1.82) is 0 Å². The molecule has 11 heteroatoms. The second-order valence-electron chi connectivity index (χ2n) is 8.46. The van der Waals surface area contributed by atoms with Crippen LogP contribution in [0.3, 0.4) is 0 Å². The van der Waals surface area contributed by atoms with Crippen molar-refractivity contribution >= 4 is 40.0 Å². The van der Waals surface area contributed by atoms with E-state index in [9.17, 15) is 27.9 Å². The maximum Gasteiger partial charge on any atom is 0.416 e. The van der Waals surface area contributed by atoms with Crippen molar-refractivity contribution in [1.82, 2.24) is 14.5 Å². The van der Waals surface area contributed by atoms with E-state index in [1.807, 2.05) is 19.4 Å². The summed E-state index contributed by atoms with van der Waals surface area (Å²) in [6, 6.07) is 8.92. The molecule has 38 heavy (non-hydrogen) atoms. The van der Waals surface area contributed by atoms with E-state index in [1.165, 1.54) is 30.5 Å². The van der Waals surface area contributed by atoms with Gasteiger partial charge in [0.05, 0.1) is 35.7 Å². The van der Waals surface area contributed by atoms with Crippen molar-refractivity contribution in [2.45, 2.75) is 25.6 Å². The molecule has 7 nitrogen and oxygen atoms in total. The Labute approximate surface area is 222 Å². The number of hydrogen-bond acceptors (Lipinski definition) is 6. The third kappa shape index (κ3) is 6.99. The first-order valence-electron chi connectivity index (χ1n) is 11.5. The first-order chi connectivity index (χ1) is 18.1. The molecule has 2 N–H and O–H groups in total. The van der Waals surface area contributed by atoms with Crippen molar-refractivity contribution in [3.8, 4) is 0 Å². The van der Waals surface area contributed by atoms with Gasteiger partial charge in [0.2, 0.25) is 11.7 Å². The number of fused-ring (bicyclic) bond motifs is 1. The second-order valence-corrected chi connectivity index (χ2v) is 9.28. The number of benzene rings is 1. The molecule has 200 valence electrons. The summed E-state index contributed by atoms with van der Waals surface area (Å²) in [4.78, 5) is 33.9. The highest BCUT2D eigenvalue weighted by Crippen LogP contribution is 2.30. The molecule has 1 aromatic carbocycles. The van der Waals surface area contributed by atoms with Crippen LogP contribution in [0.1, 0.15) is 40.1 Å². The van der Waals surface area contributed by atoms with Gasteiger partial charge in [-0.3, -0.25) is 19.6 Å². The van der Waals surface area contributed by atoms with Gasteiger partial charge in [-0.2, -0.15) is 24.9 Å². The number of anilines is 1. The highest BCUT2D eigenvalue weighted by atomic mass is 32.2. The predicted molar refractivity (Wildman–Crippen MR) is 142 cm³/mol. The molecule has 1 atom stereocenters. The van der Waals surface area contributed by atoms with Gasteiger partial charge in [-0.25, -0.2) is 0 Å². The van der Waals surface area contributed by atoms with Gasteiger partial charge in [0.1, 0.15) is 5.69 Å². The van der Waals surface area contributed by atoms with Gasteiger partial charge in [0.15, 0.2) is 0 Å². The molecule has 0 aliphatic rings. The Bertz CT molecular complexity index is 1420. The Kier molecular flexibility index (Phi) is 9.65. The first kappa shape index (κ1) is 28.9. The molecule has 0 bridgehead atoms. The monoisotopic (exact) mass is 544 g/mol. The van der Waals surface area contributed by atoms with E-state index >= 15 is 0 Å². The summed E-state index contributed by atoms with van der Waals surface area (Å²) in [5, 5.41) is 12.8. The lowest BCUT2D eigenvalue weighted by atomic mass is 10.1. The quantitative estimate of drug-likeness (QED) is 0.303. The maximum absolute atomic E-state index is 13.3. The average molecular weight is 545 g/mol. The number of carbonyl (C=O) groups excluding carboxylic acids is 2. The number of pyridine rings is 2. The number of hydrogen-bond donors (Lipinski definition) is 2. The summed E-state index contributed by atoms with van der Waals surface area (Å²) in [7, 11) is 0. The number of ketones is 1. The van der Waals surface area contributed by atoms with Crippen LogP contribution in [0.25, 0.3) is 10.9 Å². The molecule has 1 amide bonds. The number of nitrogens with zero attached hydrogens (tertiary/aromatic N) is 3. The smallest absolute Gasteiger partial charge is 0.394 e. The molecule has 0 saturated heterocycles. The molecule has 1 unspecified atom stereocenters. The number of rotatable bonds is 7. The number of alkyl halides is 3. The molecule has 0 radical (unpaired) electrons. The summed E-state index contributed by atoms with van der Waals surface area (Å²) >= 11 is 1.75. The Morgan fingerprint density at radius 3 is 2.55 bits per heavy atom. The lowest BCUT2D eigenvalue weighted by Gasteiger charge is -2.11. The first-order valence-corrected chi connectivity index (χ1v) is 13.1. The minimum Gasteiger partial charge on any atom is -0.394 e. The zero-order chi connectivity index (χ0) is 27.9. The van der Waals surface area contributed by atoms with E-state index in [2.05, 4.69) is 15.3 Å². The Morgan fingerprint density at radius 2 is 1.87 bits per heavy atom. The van der Waals surface area contributed by atoms with Crippen LogP contribution in [0.2, 0.25) is 0 Å². The van der Waals surface area contributed by atoms with Crippen LogP contribution in [-0.2, 0) is 17.4 Å². The predicted octanol–water partition coefficient (Wildman–Crippen LogP) is 5.39. The summed E-state index contributed by atoms with van der Waals surface area (Å²) in [5.74, 6) is -0.938. The van der Waals surface area contributed by atoms with Gasteiger partial charge < -0.3 is 15.0 Å². The van der Waals surface area contributed by atoms with Crippen LogP contribution in [0.5, 0.6) is 0 Å².